The molecule has 8 heteroatoms. The van der Waals surface area contributed by atoms with Gasteiger partial charge in [-0.1, -0.05) is 0 Å². The van der Waals surface area contributed by atoms with Gasteiger partial charge in [-0.05, 0) is 19.4 Å². The molecule has 0 bridgehead atoms. The lowest BCUT2D eigenvalue weighted by Gasteiger charge is -2.22. The van der Waals surface area contributed by atoms with Crippen molar-refractivity contribution in [3.05, 3.63) is 18.0 Å². The summed E-state index contributed by atoms with van der Waals surface area (Å²) < 4.78 is 60.9. The Morgan fingerprint density at radius 3 is 2.53 bits per heavy atom. The molecule has 1 aromatic rings. The fourth-order valence-corrected chi connectivity index (χ4v) is 4.07. The summed E-state index contributed by atoms with van der Waals surface area (Å²) in [6, 6.07) is 0.857. The molecule has 2 rings (SSSR count). The molecule has 0 amide bonds. The van der Waals surface area contributed by atoms with Crippen LogP contribution in [0.3, 0.4) is 0 Å². The highest BCUT2D eigenvalue weighted by Gasteiger charge is 2.42. The van der Waals surface area contributed by atoms with Gasteiger partial charge in [0.2, 0.25) is 0 Å². The minimum atomic E-state index is -4.50. The maximum atomic E-state index is 12.4. The first-order valence-electron chi connectivity index (χ1n) is 4.96. The van der Waals surface area contributed by atoms with E-state index in [9.17, 15) is 21.6 Å². The molecule has 17 heavy (non-hydrogen) atoms. The van der Waals surface area contributed by atoms with Crippen LogP contribution in [0, 0.1) is 0 Å². The van der Waals surface area contributed by atoms with Gasteiger partial charge in [0.25, 0.3) is 0 Å². The molecular formula is C9H11F3N2O2S. The molecule has 2 heterocycles. The van der Waals surface area contributed by atoms with Gasteiger partial charge in [-0.3, -0.25) is 4.68 Å². The number of nitrogens with zero attached hydrogens (tertiary/aromatic N) is 2. The largest absolute Gasteiger partial charge is 0.435 e. The van der Waals surface area contributed by atoms with Crippen LogP contribution >= 0.6 is 0 Å². The standard InChI is InChI=1S/C9H11F3N2O2S/c1-8(3-5-17(15,16)6-8)14-4-2-7(13-14)9(10,11)12/h2,4H,3,5-6H2,1H3. The molecule has 1 aliphatic rings. The van der Waals surface area contributed by atoms with E-state index in [1.165, 1.54) is 6.20 Å². The van der Waals surface area contributed by atoms with Crippen LogP contribution in [0.25, 0.3) is 0 Å². The molecule has 0 N–H and O–H groups in total. The van der Waals surface area contributed by atoms with Crippen molar-refractivity contribution in [2.45, 2.75) is 25.1 Å². The second kappa shape index (κ2) is 3.47. The smallest absolute Gasteiger partial charge is 0.265 e. The molecule has 1 aromatic heterocycles. The lowest BCUT2D eigenvalue weighted by atomic mass is 10.0. The summed E-state index contributed by atoms with van der Waals surface area (Å²) in [5.41, 5.74) is -1.87. The molecule has 0 saturated carbocycles. The molecule has 4 nitrogen and oxygen atoms in total. The maximum absolute atomic E-state index is 12.4. The Labute approximate surface area is 96.3 Å². The van der Waals surface area contributed by atoms with E-state index in [4.69, 9.17) is 0 Å². The van der Waals surface area contributed by atoms with Crippen molar-refractivity contribution in [1.29, 1.82) is 0 Å². The second-order valence-corrected chi connectivity index (χ2v) is 6.67. The molecule has 0 spiro atoms. The Kier molecular flexibility index (Phi) is 2.53. The summed E-state index contributed by atoms with van der Waals surface area (Å²) in [7, 11) is -3.17. The molecule has 96 valence electrons. The van der Waals surface area contributed by atoms with Crippen molar-refractivity contribution in [2.75, 3.05) is 11.5 Å². The monoisotopic (exact) mass is 268 g/mol. The molecule has 0 aromatic carbocycles. The summed E-state index contributed by atoms with van der Waals surface area (Å²) in [5, 5.41) is 3.43. The van der Waals surface area contributed by atoms with E-state index in [0.717, 1.165) is 10.7 Å². The predicted molar refractivity (Wildman–Crippen MR) is 54.1 cm³/mol. The minimum absolute atomic E-state index is 0.00922. The Morgan fingerprint density at radius 2 is 2.12 bits per heavy atom. The van der Waals surface area contributed by atoms with Gasteiger partial charge in [-0.2, -0.15) is 18.3 Å². The highest BCUT2D eigenvalue weighted by atomic mass is 32.2. The van der Waals surface area contributed by atoms with Crippen LogP contribution in [0.15, 0.2) is 12.3 Å². The number of hydrogen-bond donors (Lipinski definition) is 0. The van der Waals surface area contributed by atoms with Gasteiger partial charge in [0.15, 0.2) is 15.5 Å². The average molecular weight is 268 g/mol. The third-order valence-electron chi connectivity index (χ3n) is 2.92. The maximum Gasteiger partial charge on any atom is 0.435 e. The van der Waals surface area contributed by atoms with Crippen LogP contribution in [-0.2, 0) is 21.6 Å². The van der Waals surface area contributed by atoms with Crippen LogP contribution in [0.2, 0.25) is 0 Å². The highest BCUT2D eigenvalue weighted by Crippen LogP contribution is 2.33. The van der Waals surface area contributed by atoms with Crippen molar-refractivity contribution in [1.82, 2.24) is 9.78 Å². The number of hydrogen-bond acceptors (Lipinski definition) is 3. The topological polar surface area (TPSA) is 52.0 Å². The number of aromatic nitrogens is 2. The molecular weight excluding hydrogens is 257 g/mol. The molecule has 1 aliphatic heterocycles. The van der Waals surface area contributed by atoms with Gasteiger partial charge in [-0.25, -0.2) is 8.42 Å². The first-order chi connectivity index (χ1) is 7.62. The number of halogens is 3. The zero-order valence-corrected chi connectivity index (χ0v) is 9.85. The Morgan fingerprint density at radius 1 is 1.47 bits per heavy atom. The predicted octanol–water partition coefficient (Wildman–Crippen LogP) is 1.44. The van der Waals surface area contributed by atoms with Gasteiger partial charge >= 0.3 is 6.18 Å². The van der Waals surface area contributed by atoms with Crippen LogP contribution < -0.4 is 0 Å². The normalized spacial score (nSPS) is 28.5. The van der Waals surface area contributed by atoms with E-state index in [1.54, 1.807) is 6.92 Å². The van der Waals surface area contributed by atoms with Gasteiger partial charge in [0.1, 0.15) is 0 Å². The fourth-order valence-electron chi connectivity index (χ4n) is 1.95. The van der Waals surface area contributed by atoms with E-state index in [1.807, 2.05) is 0 Å². The van der Waals surface area contributed by atoms with E-state index < -0.39 is 27.2 Å². The fraction of sp³-hybridized carbons (Fsp3) is 0.667. The first-order valence-corrected chi connectivity index (χ1v) is 6.78. The van der Waals surface area contributed by atoms with Crippen LogP contribution in [0.4, 0.5) is 13.2 Å². The van der Waals surface area contributed by atoms with Crippen molar-refractivity contribution >= 4 is 9.84 Å². The number of sulfone groups is 1. The first kappa shape index (κ1) is 12.4. The molecule has 1 unspecified atom stereocenters. The summed E-state index contributed by atoms with van der Waals surface area (Å²) in [6.07, 6.45) is -3.03. The van der Waals surface area contributed by atoms with Crippen molar-refractivity contribution in [3.63, 3.8) is 0 Å². The number of alkyl halides is 3. The van der Waals surface area contributed by atoms with Crippen LogP contribution in [0.1, 0.15) is 19.0 Å². The number of rotatable bonds is 1. The summed E-state index contributed by atoms with van der Waals surface area (Å²) >= 11 is 0. The van der Waals surface area contributed by atoms with Crippen molar-refractivity contribution < 1.29 is 21.6 Å². The van der Waals surface area contributed by atoms with Gasteiger partial charge in [0, 0.05) is 6.20 Å². The second-order valence-electron chi connectivity index (χ2n) is 4.48. The quantitative estimate of drug-likeness (QED) is 0.774. The molecule has 0 aliphatic carbocycles. The van der Waals surface area contributed by atoms with E-state index in [-0.39, 0.29) is 17.9 Å². The van der Waals surface area contributed by atoms with Crippen LogP contribution in [0.5, 0.6) is 0 Å². The lowest BCUT2D eigenvalue weighted by Crippen LogP contribution is -2.32. The van der Waals surface area contributed by atoms with Gasteiger partial charge in [0.05, 0.1) is 17.0 Å². The zero-order valence-electron chi connectivity index (χ0n) is 9.03. The van der Waals surface area contributed by atoms with Gasteiger partial charge < -0.3 is 0 Å². The lowest BCUT2D eigenvalue weighted by molar-refractivity contribution is -0.141. The Bertz CT molecular complexity index is 535. The molecule has 0 radical (unpaired) electrons. The summed E-state index contributed by atoms with van der Waals surface area (Å²) in [5.74, 6) is -0.177. The zero-order chi connectivity index (χ0) is 12.9. The third kappa shape index (κ3) is 2.31. The Balaban J connectivity index is 2.33. The minimum Gasteiger partial charge on any atom is -0.265 e. The molecule has 1 atom stereocenters. The van der Waals surface area contributed by atoms with E-state index in [2.05, 4.69) is 5.10 Å². The van der Waals surface area contributed by atoms with E-state index >= 15 is 0 Å². The van der Waals surface area contributed by atoms with Crippen molar-refractivity contribution in [3.8, 4) is 0 Å². The molecule has 1 fully saturated rings. The molecule has 1 saturated heterocycles. The van der Waals surface area contributed by atoms with Gasteiger partial charge in [-0.15, -0.1) is 0 Å². The van der Waals surface area contributed by atoms with Crippen molar-refractivity contribution in [2.24, 2.45) is 0 Å². The average Bonchev–Trinajstić information content (AvgIpc) is 2.70. The highest BCUT2D eigenvalue weighted by molar-refractivity contribution is 7.91. The summed E-state index contributed by atoms with van der Waals surface area (Å²) in [6.45, 7) is 1.60. The Hall–Kier alpha value is -1.05. The third-order valence-corrected chi connectivity index (χ3v) is 4.80. The van der Waals surface area contributed by atoms with Crippen LogP contribution in [-0.4, -0.2) is 29.7 Å². The SMILES string of the molecule is CC1(n2ccc(C(F)(F)F)n2)CCS(=O)(=O)C1. The van der Waals surface area contributed by atoms with E-state index in [0.29, 0.717) is 0 Å². The summed E-state index contributed by atoms with van der Waals surface area (Å²) in [4.78, 5) is 0.